The maximum atomic E-state index is 11.4. The molecule has 0 fully saturated rings. The van der Waals surface area contributed by atoms with E-state index in [1.54, 1.807) is 19.2 Å². The predicted molar refractivity (Wildman–Crippen MR) is 101 cm³/mol. The molecule has 0 aliphatic carbocycles. The lowest BCUT2D eigenvalue weighted by Gasteiger charge is -2.12. The largest absolute Gasteiger partial charge is 0.465 e. The van der Waals surface area contributed by atoms with Gasteiger partial charge in [0.15, 0.2) is 5.96 Å². The highest BCUT2D eigenvalue weighted by atomic mass is 16.5. The molecular formula is C20H25N3O2. The predicted octanol–water partition coefficient (Wildman–Crippen LogP) is 2.77. The van der Waals surface area contributed by atoms with Crippen LogP contribution in [0.15, 0.2) is 59.6 Å². The number of esters is 1. The third-order valence-corrected chi connectivity index (χ3v) is 3.84. The van der Waals surface area contributed by atoms with Crippen LogP contribution in [0.5, 0.6) is 0 Å². The van der Waals surface area contributed by atoms with Crippen LogP contribution in [0.1, 0.15) is 27.9 Å². The van der Waals surface area contributed by atoms with Crippen LogP contribution in [-0.2, 0) is 17.7 Å². The number of carbonyl (C=O) groups is 1. The first-order chi connectivity index (χ1) is 12.2. The van der Waals surface area contributed by atoms with Gasteiger partial charge in [-0.2, -0.15) is 0 Å². The second-order valence-electron chi connectivity index (χ2n) is 5.63. The van der Waals surface area contributed by atoms with E-state index in [9.17, 15) is 4.79 Å². The molecule has 2 rings (SSSR count). The van der Waals surface area contributed by atoms with Gasteiger partial charge in [-0.25, -0.2) is 4.79 Å². The maximum Gasteiger partial charge on any atom is 0.337 e. The highest BCUT2D eigenvalue weighted by molar-refractivity contribution is 5.89. The molecule has 0 bridgehead atoms. The van der Waals surface area contributed by atoms with E-state index >= 15 is 0 Å². The van der Waals surface area contributed by atoms with E-state index in [1.807, 2.05) is 18.2 Å². The second kappa shape index (κ2) is 10.1. The molecule has 0 radical (unpaired) electrons. The van der Waals surface area contributed by atoms with E-state index in [4.69, 9.17) is 4.74 Å². The highest BCUT2D eigenvalue weighted by Gasteiger charge is 2.04. The summed E-state index contributed by atoms with van der Waals surface area (Å²) in [7, 11) is 3.14. The molecule has 0 aromatic heterocycles. The van der Waals surface area contributed by atoms with Gasteiger partial charge in [-0.15, -0.1) is 0 Å². The Kier molecular flexibility index (Phi) is 7.50. The summed E-state index contributed by atoms with van der Waals surface area (Å²) >= 11 is 0. The molecule has 5 nitrogen and oxygen atoms in total. The van der Waals surface area contributed by atoms with Crippen LogP contribution in [0, 0.1) is 0 Å². The van der Waals surface area contributed by atoms with E-state index < -0.39 is 0 Å². The van der Waals surface area contributed by atoms with Crippen LogP contribution in [-0.4, -0.2) is 32.6 Å². The monoisotopic (exact) mass is 339 g/mol. The fourth-order valence-electron chi connectivity index (χ4n) is 2.43. The van der Waals surface area contributed by atoms with Gasteiger partial charge >= 0.3 is 5.97 Å². The Morgan fingerprint density at radius 1 is 1.00 bits per heavy atom. The van der Waals surface area contributed by atoms with Crippen LogP contribution < -0.4 is 10.6 Å². The quantitative estimate of drug-likeness (QED) is 0.352. The first kappa shape index (κ1) is 18.5. The first-order valence-corrected chi connectivity index (χ1v) is 8.38. The van der Waals surface area contributed by atoms with Gasteiger partial charge in [0.2, 0.25) is 0 Å². The summed E-state index contributed by atoms with van der Waals surface area (Å²) in [4.78, 5) is 15.6. The van der Waals surface area contributed by atoms with Crippen molar-refractivity contribution in [1.29, 1.82) is 0 Å². The zero-order valence-corrected chi connectivity index (χ0v) is 14.8. The van der Waals surface area contributed by atoms with Crippen molar-refractivity contribution in [2.24, 2.45) is 4.99 Å². The maximum absolute atomic E-state index is 11.4. The Balaban J connectivity index is 1.72. The number of hydrogen-bond donors (Lipinski definition) is 2. The lowest BCUT2D eigenvalue weighted by Crippen LogP contribution is -2.37. The van der Waals surface area contributed by atoms with Crippen molar-refractivity contribution in [2.75, 3.05) is 20.7 Å². The van der Waals surface area contributed by atoms with Crippen molar-refractivity contribution in [2.45, 2.75) is 19.4 Å². The van der Waals surface area contributed by atoms with E-state index in [0.29, 0.717) is 12.1 Å². The van der Waals surface area contributed by atoms with Crippen LogP contribution in [0.25, 0.3) is 0 Å². The third-order valence-electron chi connectivity index (χ3n) is 3.84. The summed E-state index contributed by atoms with van der Waals surface area (Å²) in [5.74, 6) is 0.445. The SMILES string of the molecule is CN=C(NCCCc1ccccc1)NCc1ccc(C(=O)OC)cc1. The molecule has 0 unspecified atom stereocenters. The lowest BCUT2D eigenvalue weighted by molar-refractivity contribution is 0.0600. The zero-order chi connectivity index (χ0) is 17.9. The number of nitrogens with one attached hydrogen (secondary N) is 2. The molecule has 2 aromatic rings. The van der Waals surface area contributed by atoms with Crippen LogP contribution in [0.3, 0.4) is 0 Å². The summed E-state index contributed by atoms with van der Waals surface area (Å²) in [6.07, 6.45) is 2.08. The Morgan fingerprint density at radius 2 is 1.72 bits per heavy atom. The van der Waals surface area contributed by atoms with Gasteiger partial charge in [0, 0.05) is 20.1 Å². The summed E-state index contributed by atoms with van der Waals surface area (Å²) in [6.45, 7) is 1.50. The van der Waals surface area contributed by atoms with E-state index in [-0.39, 0.29) is 5.97 Å². The molecule has 0 atom stereocenters. The Labute approximate surface area is 149 Å². The molecule has 0 aliphatic rings. The number of aliphatic imine (C=N–C) groups is 1. The van der Waals surface area contributed by atoms with Gasteiger partial charge in [0.05, 0.1) is 12.7 Å². The normalized spacial score (nSPS) is 11.0. The van der Waals surface area contributed by atoms with Crippen molar-refractivity contribution in [3.05, 3.63) is 71.3 Å². The second-order valence-corrected chi connectivity index (χ2v) is 5.63. The Morgan fingerprint density at radius 3 is 2.36 bits per heavy atom. The molecule has 0 saturated carbocycles. The molecule has 0 spiro atoms. The molecule has 0 heterocycles. The molecule has 25 heavy (non-hydrogen) atoms. The van der Waals surface area contributed by atoms with Gasteiger partial charge in [-0.1, -0.05) is 42.5 Å². The number of nitrogens with zero attached hydrogens (tertiary/aromatic N) is 1. The number of ether oxygens (including phenoxy) is 1. The molecule has 2 N–H and O–H groups in total. The fourth-order valence-corrected chi connectivity index (χ4v) is 2.43. The Hall–Kier alpha value is -2.82. The van der Waals surface area contributed by atoms with Crippen molar-refractivity contribution in [3.63, 3.8) is 0 Å². The van der Waals surface area contributed by atoms with Crippen LogP contribution in [0.4, 0.5) is 0 Å². The molecule has 5 heteroatoms. The number of carbonyl (C=O) groups excluding carboxylic acids is 1. The van der Waals surface area contributed by atoms with Gasteiger partial charge in [-0.3, -0.25) is 4.99 Å². The van der Waals surface area contributed by atoms with Gasteiger partial charge in [0.25, 0.3) is 0 Å². The summed E-state index contributed by atoms with van der Waals surface area (Å²) < 4.78 is 4.69. The van der Waals surface area contributed by atoms with Crippen LogP contribution >= 0.6 is 0 Å². The van der Waals surface area contributed by atoms with Crippen molar-refractivity contribution in [1.82, 2.24) is 10.6 Å². The zero-order valence-electron chi connectivity index (χ0n) is 14.8. The van der Waals surface area contributed by atoms with Crippen molar-refractivity contribution < 1.29 is 9.53 Å². The minimum absolute atomic E-state index is 0.324. The Bertz CT molecular complexity index is 682. The highest BCUT2D eigenvalue weighted by Crippen LogP contribution is 2.05. The van der Waals surface area contributed by atoms with Crippen LogP contribution in [0.2, 0.25) is 0 Å². The molecule has 0 aliphatic heterocycles. The van der Waals surface area contributed by atoms with Gasteiger partial charge in [0.1, 0.15) is 0 Å². The average Bonchev–Trinajstić information content (AvgIpc) is 2.68. The fraction of sp³-hybridized carbons (Fsp3) is 0.300. The summed E-state index contributed by atoms with van der Waals surface area (Å²) in [5, 5.41) is 6.58. The minimum Gasteiger partial charge on any atom is -0.465 e. The lowest BCUT2D eigenvalue weighted by atomic mass is 10.1. The molecule has 2 aromatic carbocycles. The van der Waals surface area contributed by atoms with E-state index in [0.717, 1.165) is 30.9 Å². The van der Waals surface area contributed by atoms with Crippen molar-refractivity contribution in [3.8, 4) is 0 Å². The number of aryl methyl sites for hydroxylation is 1. The number of methoxy groups -OCH3 is 1. The number of hydrogen-bond acceptors (Lipinski definition) is 3. The third kappa shape index (κ3) is 6.30. The minimum atomic E-state index is -0.324. The molecular weight excluding hydrogens is 314 g/mol. The summed E-state index contributed by atoms with van der Waals surface area (Å²) in [6, 6.07) is 17.8. The number of guanidine groups is 1. The molecule has 0 amide bonds. The topological polar surface area (TPSA) is 62.7 Å². The summed E-state index contributed by atoms with van der Waals surface area (Å²) in [5.41, 5.74) is 2.97. The first-order valence-electron chi connectivity index (χ1n) is 8.38. The molecule has 0 saturated heterocycles. The van der Waals surface area contributed by atoms with Crippen molar-refractivity contribution >= 4 is 11.9 Å². The molecule has 132 valence electrons. The average molecular weight is 339 g/mol. The number of benzene rings is 2. The standard InChI is InChI=1S/C20H25N3O2/c1-21-20(22-14-6-9-16-7-4-3-5-8-16)23-15-17-10-12-18(13-11-17)19(24)25-2/h3-5,7-8,10-13H,6,9,14-15H2,1-2H3,(H2,21,22,23). The van der Waals surface area contributed by atoms with E-state index in [1.165, 1.54) is 12.7 Å². The van der Waals surface area contributed by atoms with Gasteiger partial charge in [-0.05, 0) is 36.1 Å². The number of rotatable bonds is 7. The smallest absolute Gasteiger partial charge is 0.337 e. The van der Waals surface area contributed by atoms with E-state index in [2.05, 4.69) is 39.9 Å². The van der Waals surface area contributed by atoms with Gasteiger partial charge < -0.3 is 15.4 Å².